The number of carbonyl (C=O) groups excluding carboxylic acids is 5. The van der Waals surface area contributed by atoms with Crippen molar-refractivity contribution in [1.82, 2.24) is 31.2 Å². The molecule has 4 aromatic carbocycles. The number of phenolic OH excluding ortho intramolecular Hbond substituents is 1. The Morgan fingerprint density at radius 1 is 0.775 bits per heavy atom. The number of guanidine groups is 1. The number of aromatic amines is 1. The number of nitrogens with one attached hydrogen (secondary N) is 6. The van der Waals surface area contributed by atoms with E-state index in [-0.39, 0.29) is 49.5 Å². The van der Waals surface area contributed by atoms with Crippen molar-refractivity contribution in [2.45, 2.75) is 88.5 Å². The number of aromatic nitrogens is 1. The number of nitrogens with two attached hydrogens (primary N) is 3. The Morgan fingerprint density at radius 2 is 1.46 bits per heavy atom. The fourth-order valence-corrected chi connectivity index (χ4v) is 9.12. The van der Waals surface area contributed by atoms with Gasteiger partial charge in [0.2, 0.25) is 29.5 Å². The Kier molecular flexibility index (Phi) is 18.5. The molecule has 13 N–H and O–H groups in total. The van der Waals surface area contributed by atoms with E-state index in [9.17, 15) is 29.1 Å². The number of aliphatic imine (C=N–C) groups is 1. The molecule has 1 aromatic heterocycles. The smallest absolute Gasteiger partial charge is 0.243 e. The minimum atomic E-state index is -1.23. The monoisotopic (exact) mass is 970 g/mol. The Bertz CT molecular complexity index is 2600. The van der Waals surface area contributed by atoms with Crippen LogP contribution in [0.4, 0.5) is 5.69 Å². The number of carbonyl (C=O) groups is 5. The van der Waals surface area contributed by atoms with Crippen molar-refractivity contribution in [2.24, 2.45) is 28.1 Å². The van der Waals surface area contributed by atoms with Crippen LogP contribution in [0.2, 0.25) is 0 Å². The SMILES string of the molecule is NC(N)=NCCCCC(NC(=O)C(Cc1ccc(-c2ccccc2)cc1)NC(=O)C(Cc1c[nH]c2ccc(O)cc12)NC(=O)[C@H]1CCC[C@H](N)C1)C(=O)NCC(=O)Nc1ccc(CN2CCOCC2)cc1. The molecule has 18 heteroatoms. The molecule has 3 unspecified atom stereocenters. The molecule has 2 fully saturated rings. The second-order valence-electron chi connectivity index (χ2n) is 18.5. The van der Waals surface area contributed by atoms with Gasteiger partial charge in [0, 0.05) is 73.8 Å². The quantitative estimate of drug-likeness (QED) is 0.0273. The largest absolute Gasteiger partial charge is 0.508 e. The normalized spacial score (nSPS) is 17.3. The maximum atomic E-state index is 14.7. The highest BCUT2D eigenvalue weighted by molar-refractivity contribution is 5.98. The number of aromatic hydroxyl groups is 1. The number of fused-ring (bicyclic) bond motifs is 1. The van der Waals surface area contributed by atoms with Gasteiger partial charge in [-0.25, -0.2) is 0 Å². The number of amides is 5. The Balaban J connectivity index is 1.09. The summed E-state index contributed by atoms with van der Waals surface area (Å²) in [5.41, 5.74) is 23.1. The van der Waals surface area contributed by atoms with Crippen molar-refractivity contribution in [2.75, 3.05) is 44.7 Å². The molecule has 0 radical (unpaired) electrons. The summed E-state index contributed by atoms with van der Waals surface area (Å²) in [7, 11) is 0. The summed E-state index contributed by atoms with van der Waals surface area (Å²) in [5, 5.41) is 25.3. The number of H-pyrrole nitrogens is 1. The van der Waals surface area contributed by atoms with E-state index in [1.54, 1.807) is 24.4 Å². The molecule has 1 saturated heterocycles. The molecular weight excluding hydrogens is 903 g/mol. The lowest BCUT2D eigenvalue weighted by Gasteiger charge is -2.29. The highest BCUT2D eigenvalue weighted by atomic mass is 16.5. The van der Waals surface area contributed by atoms with Crippen molar-refractivity contribution >= 4 is 52.1 Å². The van der Waals surface area contributed by atoms with Gasteiger partial charge in [0.15, 0.2) is 5.96 Å². The third kappa shape index (κ3) is 15.6. The molecular formula is C53H67N11O7. The fraction of sp³-hybridized carbons (Fsp3) is 0.396. The van der Waals surface area contributed by atoms with E-state index in [1.807, 2.05) is 78.9 Å². The van der Waals surface area contributed by atoms with E-state index < -0.39 is 47.7 Å². The molecule has 18 nitrogen and oxygen atoms in total. The molecule has 5 amide bonds. The van der Waals surface area contributed by atoms with Gasteiger partial charge in [0.1, 0.15) is 23.9 Å². The Hall–Kier alpha value is -7.28. The third-order valence-electron chi connectivity index (χ3n) is 13.0. The second kappa shape index (κ2) is 25.5. The number of ether oxygens (including phenoxy) is 1. The minimum absolute atomic E-state index is 0.0260. The van der Waals surface area contributed by atoms with Gasteiger partial charge in [-0.2, -0.15) is 0 Å². The number of nitrogens with zero attached hydrogens (tertiary/aromatic N) is 2. The number of hydrogen-bond donors (Lipinski definition) is 10. The number of benzene rings is 4. The molecule has 1 aliphatic carbocycles. The summed E-state index contributed by atoms with van der Waals surface area (Å²) in [6, 6.07) is 26.2. The van der Waals surface area contributed by atoms with Gasteiger partial charge in [-0.1, -0.05) is 73.2 Å². The molecule has 2 aliphatic rings. The number of morpholine rings is 1. The van der Waals surface area contributed by atoms with Crippen LogP contribution < -0.4 is 43.8 Å². The molecule has 1 aliphatic heterocycles. The summed E-state index contributed by atoms with van der Waals surface area (Å²) in [6.45, 7) is 3.79. The fourth-order valence-electron chi connectivity index (χ4n) is 9.12. The molecule has 376 valence electrons. The number of hydrogen-bond acceptors (Lipinski definition) is 10. The topological polar surface area (TPSA) is 284 Å². The number of anilines is 1. The maximum Gasteiger partial charge on any atom is 0.243 e. The summed E-state index contributed by atoms with van der Waals surface area (Å²) < 4.78 is 5.45. The lowest BCUT2D eigenvalue weighted by atomic mass is 9.85. The van der Waals surface area contributed by atoms with E-state index in [4.69, 9.17) is 21.9 Å². The lowest BCUT2D eigenvalue weighted by molar-refractivity contribution is -0.134. The van der Waals surface area contributed by atoms with Crippen molar-refractivity contribution < 1.29 is 33.8 Å². The van der Waals surface area contributed by atoms with Gasteiger partial charge in [0.05, 0.1) is 19.8 Å². The van der Waals surface area contributed by atoms with Crippen molar-refractivity contribution in [3.8, 4) is 16.9 Å². The highest BCUT2D eigenvalue weighted by Gasteiger charge is 2.33. The molecule has 71 heavy (non-hydrogen) atoms. The van der Waals surface area contributed by atoms with Crippen LogP contribution in [-0.2, 0) is 48.1 Å². The van der Waals surface area contributed by atoms with Crippen LogP contribution in [0.5, 0.6) is 5.75 Å². The average molecular weight is 970 g/mol. The van der Waals surface area contributed by atoms with Gasteiger partial charge in [-0.05, 0) is 96.7 Å². The first-order chi connectivity index (χ1) is 34.4. The van der Waals surface area contributed by atoms with Gasteiger partial charge in [-0.15, -0.1) is 0 Å². The predicted octanol–water partition coefficient (Wildman–Crippen LogP) is 3.33. The first kappa shape index (κ1) is 51.6. The standard InChI is InChI=1S/C53H67N11O7/c54-40-10-6-9-38(28-40)49(67)62-47(29-39-31-58-44-21-20-42(65)30-43(39)44)52(70)63-46(27-34-12-16-37(17-13-34)36-7-2-1-3-8-36)51(69)61-45(11-4-5-22-57-53(55)56)50(68)59-32-48(66)60-41-18-14-35(15-19-41)33-64-23-25-71-26-24-64/h1-3,7-8,12-21,30-31,38,40,45-47,58,65H,4-6,9-11,22-29,32-33,54H2,(H,59,68)(H,60,66)(H,61,69)(H,62,67)(H,63,70)(H4,55,56,57)/t38-,40-,45?,46?,47?/m0/s1. The highest BCUT2D eigenvalue weighted by Crippen LogP contribution is 2.27. The zero-order valence-corrected chi connectivity index (χ0v) is 40.0. The van der Waals surface area contributed by atoms with Crippen LogP contribution in [0.25, 0.3) is 22.0 Å². The zero-order chi connectivity index (χ0) is 50.1. The van der Waals surface area contributed by atoms with Gasteiger partial charge < -0.3 is 58.6 Å². The predicted molar refractivity (Wildman–Crippen MR) is 274 cm³/mol. The van der Waals surface area contributed by atoms with Crippen LogP contribution >= 0.6 is 0 Å². The van der Waals surface area contributed by atoms with Crippen molar-refractivity contribution in [3.63, 3.8) is 0 Å². The molecule has 7 rings (SSSR count). The van der Waals surface area contributed by atoms with Crippen LogP contribution in [-0.4, -0.2) is 114 Å². The Morgan fingerprint density at radius 3 is 2.18 bits per heavy atom. The third-order valence-corrected chi connectivity index (χ3v) is 13.0. The molecule has 2 heterocycles. The Labute approximate surface area is 413 Å². The summed E-state index contributed by atoms with van der Waals surface area (Å²) in [5.74, 6) is -3.10. The van der Waals surface area contributed by atoms with Crippen molar-refractivity contribution in [3.05, 3.63) is 120 Å². The van der Waals surface area contributed by atoms with Crippen LogP contribution in [0, 0.1) is 5.92 Å². The average Bonchev–Trinajstić information content (AvgIpc) is 3.77. The molecule has 5 atom stereocenters. The lowest BCUT2D eigenvalue weighted by Crippen LogP contribution is -2.58. The summed E-state index contributed by atoms with van der Waals surface area (Å²) in [4.78, 5) is 79.9. The second-order valence-corrected chi connectivity index (χ2v) is 18.5. The van der Waals surface area contributed by atoms with Crippen molar-refractivity contribution in [1.29, 1.82) is 0 Å². The maximum absolute atomic E-state index is 14.7. The molecule has 0 bridgehead atoms. The van der Waals surface area contributed by atoms with Gasteiger partial charge in [0.25, 0.3) is 0 Å². The summed E-state index contributed by atoms with van der Waals surface area (Å²) >= 11 is 0. The first-order valence-corrected chi connectivity index (χ1v) is 24.5. The van der Waals surface area contributed by atoms with E-state index in [2.05, 4.69) is 41.5 Å². The number of unbranched alkanes of at least 4 members (excludes halogenated alkanes) is 1. The molecule has 5 aromatic rings. The number of phenols is 1. The van der Waals surface area contributed by atoms with E-state index in [1.165, 1.54) is 0 Å². The van der Waals surface area contributed by atoms with Crippen LogP contribution in [0.15, 0.2) is 108 Å². The molecule has 0 spiro atoms. The van der Waals surface area contributed by atoms with Crippen LogP contribution in [0.3, 0.4) is 0 Å². The van der Waals surface area contributed by atoms with E-state index in [0.717, 1.165) is 60.2 Å². The number of rotatable bonds is 22. The zero-order valence-electron chi connectivity index (χ0n) is 40.0. The van der Waals surface area contributed by atoms with E-state index >= 15 is 0 Å². The van der Waals surface area contributed by atoms with Crippen LogP contribution in [0.1, 0.15) is 61.6 Å². The van der Waals surface area contributed by atoms with E-state index in [0.29, 0.717) is 62.1 Å². The van der Waals surface area contributed by atoms with Gasteiger partial charge >= 0.3 is 0 Å². The minimum Gasteiger partial charge on any atom is -0.508 e. The first-order valence-electron chi connectivity index (χ1n) is 24.5. The summed E-state index contributed by atoms with van der Waals surface area (Å²) in [6.07, 6.45) is 5.55. The molecule has 1 saturated carbocycles. The van der Waals surface area contributed by atoms with Gasteiger partial charge in [-0.3, -0.25) is 33.9 Å².